The van der Waals surface area contributed by atoms with E-state index in [2.05, 4.69) is 6.08 Å². The molecule has 1 heterocycles. The fourth-order valence-electron chi connectivity index (χ4n) is 1.56. The lowest BCUT2D eigenvalue weighted by atomic mass is 9.90. The van der Waals surface area contributed by atoms with Crippen LogP contribution in [0.15, 0.2) is 35.6 Å². The summed E-state index contributed by atoms with van der Waals surface area (Å²) in [5.74, 6) is 0.848. The quantitative estimate of drug-likeness (QED) is 0.509. The fourth-order valence-corrected chi connectivity index (χ4v) is 1.56. The van der Waals surface area contributed by atoms with E-state index in [0.29, 0.717) is 5.92 Å². The van der Waals surface area contributed by atoms with Crippen molar-refractivity contribution in [3.8, 4) is 0 Å². The summed E-state index contributed by atoms with van der Waals surface area (Å²) in [6, 6.07) is 0. The fraction of sp³-hybridized carbons (Fsp3) is 0.300. The molecular formula is C10H10O2. The number of allylic oxidation sites excluding steroid dienone is 4. The molecular weight excluding hydrogens is 152 g/mol. The molecule has 2 nitrogen and oxygen atoms in total. The van der Waals surface area contributed by atoms with E-state index in [1.165, 1.54) is 0 Å². The molecule has 2 rings (SSSR count). The van der Waals surface area contributed by atoms with Crippen LogP contribution < -0.4 is 0 Å². The van der Waals surface area contributed by atoms with Gasteiger partial charge >= 0.3 is 5.97 Å². The van der Waals surface area contributed by atoms with E-state index in [-0.39, 0.29) is 5.97 Å². The molecule has 2 heteroatoms. The van der Waals surface area contributed by atoms with Gasteiger partial charge in [0.2, 0.25) is 0 Å². The smallest absolute Gasteiger partial charge is 0.335 e. The molecule has 0 N–H and O–H groups in total. The van der Waals surface area contributed by atoms with Gasteiger partial charge in [-0.2, -0.15) is 0 Å². The van der Waals surface area contributed by atoms with E-state index in [0.717, 1.165) is 17.8 Å². The van der Waals surface area contributed by atoms with Crippen molar-refractivity contribution < 1.29 is 9.53 Å². The predicted octanol–water partition coefficient (Wildman–Crippen LogP) is 1.95. The average Bonchev–Trinajstić information content (AvgIpc) is 2.04. The number of hydrogen-bond acceptors (Lipinski definition) is 2. The van der Waals surface area contributed by atoms with Gasteiger partial charge in [-0.3, -0.25) is 0 Å². The van der Waals surface area contributed by atoms with Crippen LogP contribution in [0, 0.1) is 5.92 Å². The third-order valence-corrected chi connectivity index (χ3v) is 2.23. The van der Waals surface area contributed by atoms with Crippen LogP contribution >= 0.6 is 0 Å². The first kappa shape index (κ1) is 7.35. The van der Waals surface area contributed by atoms with Gasteiger partial charge in [-0.15, -0.1) is 0 Å². The van der Waals surface area contributed by atoms with Crippen LogP contribution in [0.1, 0.15) is 13.3 Å². The van der Waals surface area contributed by atoms with Crippen molar-refractivity contribution in [1.29, 1.82) is 0 Å². The molecule has 0 bridgehead atoms. The Balaban J connectivity index is 2.37. The summed E-state index contributed by atoms with van der Waals surface area (Å²) < 4.78 is 5.06. The van der Waals surface area contributed by atoms with E-state index >= 15 is 0 Å². The highest BCUT2D eigenvalue weighted by atomic mass is 16.5. The van der Waals surface area contributed by atoms with Gasteiger partial charge in [-0.1, -0.05) is 17.7 Å². The normalized spacial score (nSPS) is 27.1. The van der Waals surface area contributed by atoms with Gasteiger partial charge < -0.3 is 4.74 Å². The van der Waals surface area contributed by atoms with E-state index in [1.54, 1.807) is 6.08 Å². The molecule has 0 saturated carbocycles. The van der Waals surface area contributed by atoms with E-state index < -0.39 is 0 Å². The van der Waals surface area contributed by atoms with E-state index in [9.17, 15) is 4.79 Å². The second-order valence-electron chi connectivity index (χ2n) is 3.09. The first-order valence-corrected chi connectivity index (χ1v) is 4.04. The van der Waals surface area contributed by atoms with Crippen molar-refractivity contribution in [2.24, 2.45) is 5.92 Å². The van der Waals surface area contributed by atoms with Crippen LogP contribution in [0.2, 0.25) is 0 Å². The highest BCUT2D eigenvalue weighted by Gasteiger charge is 2.25. The molecule has 2 aliphatic rings. The maximum Gasteiger partial charge on any atom is 0.335 e. The summed E-state index contributed by atoms with van der Waals surface area (Å²) in [5, 5.41) is 0. The summed E-state index contributed by atoms with van der Waals surface area (Å²) in [5.41, 5.74) is 1.10. The lowest BCUT2D eigenvalue weighted by Crippen LogP contribution is -2.19. The number of esters is 1. The summed E-state index contributed by atoms with van der Waals surface area (Å²) in [4.78, 5) is 11.0. The first-order valence-electron chi connectivity index (χ1n) is 4.04. The van der Waals surface area contributed by atoms with Gasteiger partial charge in [0.1, 0.15) is 5.76 Å². The molecule has 1 aliphatic heterocycles. The van der Waals surface area contributed by atoms with Crippen molar-refractivity contribution in [2.45, 2.75) is 13.3 Å². The highest BCUT2D eigenvalue weighted by Crippen LogP contribution is 2.31. The lowest BCUT2D eigenvalue weighted by molar-refractivity contribution is -0.135. The second-order valence-corrected chi connectivity index (χ2v) is 3.09. The SMILES string of the molecule is CC1=CC(=O)OC2=CC=CCC12. The standard InChI is InChI=1S/C10H10O2/c1-7-6-10(11)12-9-5-3-2-4-8(7)9/h2-3,5-6,8H,4H2,1H3. The molecule has 0 saturated heterocycles. The third-order valence-electron chi connectivity index (χ3n) is 2.23. The summed E-state index contributed by atoms with van der Waals surface area (Å²) in [7, 11) is 0. The third kappa shape index (κ3) is 1.09. The van der Waals surface area contributed by atoms with Crippen molar-refractivity contribution in [3.63, 3.8) is 0 Å². The maximum atomic E-state index is 11.0. The predicted molar refractivity (Wildman–Crippen MR) is 45.2 cm³/mol. The Morgan fingerprint density at radius 2 is 2.42 bits per heavy atom. The number of carbonyl (C=O) groups excluding carboxylic acids is 1. The monoisotopic (exact) mass is 162 g/mol. The molecule has 0 aromatic carbocycles. The largest absolute Gasteiger partial charge is 0.427 e. The number of ether oxygens (including phenoxy) is 1. The van der Waals surface area contributed by atoms with Crippen LogP contribution in [0.25, 0.3) is 0 Å². The Bertz CT molecular complexity index is 308. The number of hydrogen-bond donors (Lipinski definition) is 0. The maximum absolute atomic E-state index is 11.0. The van der Waals surface area contributed by atoms with Crippen LogP contribution in [0.3, 0.4) is 0 Å². The van der Waals surface area contributed by atoms with Crippen molar-refractivity contribution >= 4 is 5.97 Å². The topological polar surface area (TPSA) is 26.3 Å². The van der Waals surface area contributed by atoms with Gasteiger partial charge in [0.25, 0.3) is 0 Å². The van der Waals surface area contributed by atoms with Crippen LogP contribution in [0.4, 0.5) is 0 Å². The summed E-state index contributed by atoms with van der Waals surface area (Å²) in [6.45, 7) is 1.97. The number of rotatable bonds is 0. The Kier molecular flexibility index (Phi) is 1.61. The molecule has 12 heavy (non-hydrogen) atoms. The van der Waals surface area contributed by atoms with Crippen LogP contribution in [-0.4, -0.2) is 5.97 Å². The average molecular weight is 162 g/mol. The van der Waals surface area contributed by atoms with E-state index in [1.807, 2.05) is 19.1 Å². The number of fused-ring (bicyclic) bond motifs is 1. The Morgan fingerprint density at radius 1 is 1.58 bits per heavy atom. The molecule has 62 valence electrons. The Hall–Kier alpha value is -1.31. The minimum absolute atomic E-state index is 0.245. The van der Waals surface area contributed by atoms with Gasteiger partial charge in [0, 0.05) is 12.0 Å². The van der Waals surface area contributed by atoms with Crippen molar-refractivity contribution in [3.05, 3.63) is 35.6 Å². The zero-order valence-electron chi connectivity index (χ0n) is 6.91. The Labute approximate surface area is 71.2 Å². The molecule has 1 atom stereocenters. The Morgan fingerprint density at radius 3 is 3.25 bits per heavy atom. The molecule has 1 aliphatic carbocycles. The number of carbonyl (C=O) groups is 1. The summed E-state index contributed by atoms with van der Waals surface area (Å²) in [6.07, 6.45) is 8.40. The molecule has 1 unspecified atom stereocenters. The van der Waals surface area contributed by atoms with Crippen molar-refractivity contribution in [1.82, 2.24) is 0 Å². The first-order chi connectivity index (χ1) is 5.77. The van der Waals surface area contributed by atoms with Crippen LogP contribution in [-0.2, 0) is 9.53 Å². The molecule has 0 radical (unpaired) electrons. The highest BCUT2D eigenvalue weighted by molar-refractivity contribution is 5.85. The second kappa shape index (κ2) is 2.63. The molecule has 0 spiro atoms. The minimum atomic E-state index is -0.245. The molecule has 0 fully saturated rings. The minimum Gasteiger partial charge on any atom is -0.427 e. The summed E-state index contributed by atoms with van der Waals surface area (Å²) >= 11 is 0. The molecule has 0 aromatic heterocycles. The zero-order chi connectivity index (χ0) is 8.55. The van der Waals surface area contributed by atoms with Gasteiger partial charge in [-0.25, -0.2) is 4.79 Å². The van der Waals surface area contributed by atoms with Gasteiger partial charge in [0.05, 0.1) is 0 Å². The molecule has 0 amide bonds. The van der Waals surface area contributed by atoms with Crippen molar-refractivity contribution in [2.75, 3.05) is 0 Å². The van der Waals surface area contributed by atoms with E-state index in [4.69, 9.17) is 4.74 Å². The molecule has 0 aromatic rings. The lowest BCUT2D eigenvalue weighted by Gasteiger charge is -2.24. The van der Waals surface area contributed by atoms with Gasteiger partial charge in [-0.05, 0) is 19.4 Å². The van der Waals surface area contributed by atoms with Gasteiger partial charge in [0.15, 0.2) is 0 Å². The van der Waals surface area contributed by atoms with Crippen LogP contribution in [0.5, 0.6) is 0 Å². The zero-order valence-corrected chi connectivity index (χ0v) is 6.91.